The first-order valence-electron chi connectivity index (χ1n) is 12.4. The van der Waals surface area contributed by atoms with E-state index in [9.17, 15) is 10.1 Å². The number of alkyl carbamates (subject to hydrolysis) is 1. The molecule has 3 heterocycles. The summed E-state index contributed by atoms with van der Waals surface area (Å²) >= 11 is 6.51. The topological polar surface area (TPSA) is 121 Å². The number of nitrogens with one attached hydrogen (secondary N) is 3. The van der Waals surface area contributed by atoms with Crippen LogP contribution in [0.25, 0.3) is 11.3 Å². The highest BCUT2D eigenvalue weighted by atomic mass is 35.5. The Bertz CT molecular complexity index is 1080. The van der Waals surface area contributed by atoms with Gasteiger partial charge in [-0.3, -0.25) is 0 Å². The molecule has 2 aromatic rings. The molecule has 10 heteroatoms. The number of nitrogens with zero attached hydrogens (tertiary/aromatic N) is 3. The lowest BCUT2D eigenvalue weighted by atomic mass is 9.82. The molecule has 0 bridgehead atoms. The minimum Gasteiger partial charge on any atom is -0.453 e. The molecule has 4 rings (SSSR count). The number of carbonyl (C=O) groups excluding carboxylic acids is 1. The SMILES string of the molecule is COC(=O)NCC1CCC(Nc2cc(-c3cccc(NCC4(C#N)CCOCC4)n3)c(Cl)cn2)CC1. The maximum absolute atomic E-state index is 11.3. The molecule has 1 aliphatic carbocycles. The number of ether oxygens (including phenoxy) is 2. The van der Waals surface area contributed by atoms with Crippen LogP contribution < -0.4 is 16.0 Å². The van der Waals surface area contributed by atoms with Gasteiger partial charge in [-0.2, -0.15) is 5.26 Å². The van der Waals surface area contributed by atoms with Gasteiger partial charge in [-0.1, -0.05) is 17.7 Å². The minimum atomic E-state index is -0.435. The Labute approximate surface area is 216 Å². The van der Waals surface area contributed by atoms with Crippen molar-refractivity contribution in [3.05, 3.63) is 35.5 Å². The average Bonchev–Trinajstić information content (AvgIpc) is 2.93. The average molecular weight is 513 g/mol. The summed E-state index contributed by atoms with van der Waals surface area (Å²) in [6.45, 7) is 2.38. The Hall–Kier alpha value is -3.09. The van der Waals surface area contributed by atoms with E-state index in [1.165, 1.54) is 7.11 Å². The zero-order valence-corrected chi connectivity index (χ0v) is 21.3. The van der Waals surface area contributed by atoms with E-state index in [-0.39, 0.29) is 6.09 Å². The number of carbonyl (C=O) groups is 1. The molecule has 36 heavy (non-hydrogen) atoms. The third-order valence-corrected chi connectivity index (χ3v) is 7.40. The third kappa shape index (κ3) is 6.77. The van der Waals surface area contributed by atoms with Crippen molar-refractivity contribution in [1.29, 1.82) is 5.26 Å². The molecule has 1 saturated carbocycles. The number of halogens is 1. The molecular weight excluding hydrogens is 480 g/mol. The third-order valence-electron chi connectivity index (χ3n) is 7.09. The minimum absolute atomic E-state index is 0.309. The Kier molecular flexibility index (Phi) is 8.83. The largest absolute Gasteiger partial charge is 0.453 e. The van der Waals surface area contributed by atoms with E-state index < -0.39 is 5.41 Å². The van der Waals surface area contributed by atoms with E-state index in [4.69, 9.17) is 21.3 Å². The van der Waals surface area contributed by atoms with Crippen LogP contribution in [0.5, 0.6) is 0 Å². The number of nitriles is 1. The molecule has 1 aliphatic heterocycles. The molecule has 0 aromatic carbocycles. The molecule has 0 atom stereocenters. The molecule has 0 unspecified atom stereocenters. The van der Waals surface area contributed by atoms with Gasteiger partial charge in [0.25, 0.3) is 0 Å². The summed E-state index contributed by atoms with van der Waals surface area (Å²) in [5.41, 5.74) is 1.11. The second-order valence-corrected chi connectivity index (χ2v) is 9.96. The lowest BCUT2D eigenvalue weighted by Crippen LogP contribution is -2.34. The van der Waals surface area contributed by atoms with Gasteiger partial charge in [-0.25, -0.2) is 14.8 Å². The zero-order valence-electron chi connectivity index (χ0n) is 20.6. The van der Waals surface area contributed by atoms with E-state index in [0.717, 1.165) is 42.8 Å². The number of pyridine rings is 2. The number of aromatic nitrogens is 2. The molecule has 2 aromatic heterocycles. The number of rotatable bonds is 8. The summed E-state index contributed by atoms with van der Waals surface area (Å²) in [4.78, 5) is 20.5. The second-order valence-electron chi connectivity index (χ2n) is 9.55. The highest BCUT2D eigenvalue weighted by molar-refractivity contribution is 6.33. The maximum Gasteiger partial charge on any atom is 0.406 e. The predicted octanol–water partition coefficient (Wildman–Crippen LogP) is 4.86. The fourth-order valence-corrected chi connectivity index (χ4v) is 4.97. The zero-order chi connectivity index (χ0) is 25.4. The molecule has 1 saturated heterocycles. The van der Waals surface area contributed by atoms with Crippen LogP contribution in [0.15, 0.2) is 30.5 Å². The summed E-state index contributed by atoms with van der Waals surface area (Å²) in [5, 5.41) is 19.9. The van der Waals surface area contributed by atoms with E-state index in [1.54, 1.807) is 6.20 Å². The first-order valence-corrected chi connectivity index (χ1v) is 12.8. The Morgan fingerprint density at radius 3 is 2.75 bits per heavy atom. The maximum atomic E-state index is 11.3. The molecule has 0 radical (unpaired) electrons. The molecular formula is C26H33ClN6O3. The van der Waals surface area contributed by atoms with E-state index in [0.29, 0.717) is 61.9 Å². The molecule has 1 amide bonds. The van der Waals surface area contributed by atoms with Gasteiger partial charge in [0.1, 0.15) is 11.6 Å². The fraction of sp³-hybridized carbons (Fsp3) is 0.538. The van der Waals surface area contributed by atoms with Gasteiger partial charge in [-0.05, 0) is 62.6 Å². The van der Waals surface area contributed by atoms with Crippen molar-refractivity contribution in [2.75, 3.05) is 44.0 Å². The Morgan fingerprint density at radius 1 is 1.25 bits per heavy atom. The molecule has 0 spiro atoms. The summed E-state index contributed by atoms with van der Waals surface area (Å²) < 4.78 is 10.1. The van der Waals surface area contributed by atoms with Crippen molar-refractivity contribution >= 4 is 29.3 Å². The van der Waals surface area contributed by atoms with Gasteiger partial charge in [0.15, 0.2) is 0 Å². The predicted molar refractivity (Wildman–Crippen MR) is 139 cm³/mol. The highest BCUT2D eigenvalue weighted by Gasteiger charge is 2.32. The lowest BCUT2D eigenvalue weighted by molar-refractivity contribution is 0.0455. The fourth-order valence-electron chi connectivity index (χ4n) is 4.77. The van der Waals surface area contributed by atoms with Gasteiger partial charge in [0.05, 0.1) is 29.3 Å². The van der Waals surface area contributed by atoms with Crippen molar-refractivity contribution in [3.8, 4) is 17.3 Å². The van der Waals surface area contributed by atoms with Gasteiger partial charge < -0.3 is 25.4 Å². The van der Waals surface area contributed by atoms with Crippen molar-refractivity contribution in [2.45, 2.75) is 44.6 Å². The van der Waals surface area contributed by atoms with Crippen molar-refractivity contribution < 1.29 is 14.3 Å². The van der Waals surface area contributed by atoms with Gasteiger partial charge in [0.2, 0.25) is 0 Å². The normalized spacial score (nSPS) is 21.1. The van der Waals surface area contributed by atoms with Crippen LogP contribution in [0.3, 0.4) is 0 Å². The molecule has 2 fully saturated rings. The van der Waals surface area contributed by atoms with Crippen LogP contribution in [0, 0.1) is 22.7 Å². The van der Waals surface area contributed by atoms with Crippen LogP contribution >= 0.6 is 11.6 Å². The number of anilines is 2. The first kappa shape index (κ1) is 26.0. The lowest BCUT2D eigenvalue weighted by Gasteiger charge is -2.30. The molecule has 192 valence electrons. The summed E-state index contributed by atoms with van der Waals surface area (Å²) in [7, 11) is 1.38. The van der Waals surface area contributed by atoms with E-state index in [2.05, 4.69) is 31.7 Å². The quantitative estimate of drug-likeness (QED) is 0.458. The van der Waals surface area contributed by atoms with Crippen LogP contribution in [0.4, 0.5) is 16.4 Å². The van der Waals surface area contributed by atoms with Gasteiger partial charge in [-0.15, -0.1) is 0 Å². The summed E-state index contributed by atoms with van der Waals surface area (Å²) in [5.74, 6) is 1.92. The second kappa shape index (κ2) is 12.2. The van der Waals surface area contributed by atoms with Crippen LogP contribution in [-0.4, -0.2) is 55.5 Å². The standard InChI is InChI=1S/C26H33ClN6O3/c1-35-25(34)30-14-18-5-7-19(8-6-18)32-24-13-20(21(27)15-29-24)22-3-2-4-23(33-22)31-17-26(16-28)9-11-36-12-10-26/h2-4,13,15,18-19H,5-12,14,17H2,1H3,(H,29,32)(H,30,34)(H,31,33). The van der Waals surface area contributed by atoms with Crippen LogP contribution in [0.2, 0.25) is 5.02 Å². The summed E-state index contributed by atoms with van der Waals surface area (Å²) in [6.07, 6.45) is 6.73. The van der Waals surface area contributed by atoms with Gasteiger partial charge >= 0.3 is 6.09 Å². The molecule has 3 N–H and O–H groups in total. The first-order chi connectivity index (χ1) is 17.5. The number of hydrogen-bond donors (Lipinski definition) is 3. The van der Waals surface area contributed by atoms with Crippen LogP contribution in [-0.2, 0) is 9.47 Å². The molecule has 2 aliphatic rings. The van der Waals surface area contributed by atoms with Gasteiger partial charge in [0, 0.05) is 44.1 Å². The van der Waals surface area contributed by atoms with E-state index >= 15 is 0 Å². The number of methoxy groups -OCH3 is 1. The Balaban J connectivity index is 1.37. The monoisotopic (exact) mass is 512 g/mol. The number of amides is 1. The highest BCUT2D eigenvalue weighted by Crippen LogP contribution is 2.32. The van der Waals surface area contributed by atoms with Crippen molar-refractivity contribution in [3.63, 3.8) is 0 Å². The summed E-state index contributed by atoms with van der Waals surface area (Å²) in [6, 6.07) is 10.5. The van der Waals surface area contributed by atoms with Crippen LogP contribution in [0.1, 0.15) is 38.5 Å². The van der Waals surface area contributed by atoms with Crippen molar-refractivity contribution in [1.82, 2.24) is 15.3 Å². The van der Waals surface area contributed by atoms with E-state index in [1.807, 2.05) is 24.3 Å². The smallest absolute Gasteiger partial charge is 0.406 e. The molecule has 9 nitrogen and oxygen atoms in total. The van der Waals surface area contributed by atoms with Crippen molar-refractivity contribution in [2.24, 2.45) is 11.3 Å². The number of hydrogen-bond acceptors (Lipinski definition) is 8. The Morgan fingerprint density at radius 2 is 2.03 bits per heavy atom.